The smallest absolute Gasteiger partial charge is 0.307 e. The molecule has 0 aliphatic heterocycles. The molecule has 0 radical (unpaired) electrons. The number of Topliss-reactive ketones (excluding diaryl/α,β-unsaturated/α-hetero) is 1. The number of hydrogen-bond acceptors (Lipinski definition) is 3. The van der Waals surface area contributed by atoms with E-state index < -0.39 is 17.4 Å². The molecule has 1 aromatic rings. The molecule has 0 bridgehead atoms. The van der Waals surface area contributed by atoms with Gasteiger partial charge in [0.05, 0.1) is 12.0 Å². The Morgan fingerprint density at radius 2 is 2.11 bits per heavy atom. The van der Waals surface area contributed by atoms with E-state index in [1.54, 1.807) is 0 Å². The van der Waals surface area contributed by atoms with E-state index >= 15 is 0 Å². The van der Waals surface area contributed by atoms with Crippen LogP contribution in [-0.4, -0.2) is 22.5 Å². The van der Waals surface area contributed by atoms with Crippen molar-refractivity contribution in [2.75, 3.05) is 0 Å². The van der Waals surface area contributed by atoms with Crippen LogP contribution < -0.4 is 4.74 Å². The Hall–Kier alpha value is -1.91. The van der Waals surface area contributed by atoms with Crippen molar-refractivity contribution in [1.29, 1.82) is 0 Å². The van der Waals surface area contributed by atoms with E-state index in [0.29, 0.717) is 12.8 Å². The summed E-state index contributed by atoms with van der Waals surface area (Å²) in [6.45, 7) is 1.29. The lowest BCUT2D eigenvalue weighted by Crippen LogP contribution is -2.45. The number of carbonyl (C=O) groups is 2. The number of aliphatic carboxylic acids is 1. The summed E-state index contributed by atoms with van der Waals surface area (Å²) in [6, 6.07) is 4.00. The Morgan fingerprint density at radius 3 is 2.53 bits per heavy atom. The van der Waals surface area contributed by atoms with Gasteiger partial charge in [-0.2, -0.15) is 0 Å². The fourth-order valence-electron chi connectivity index (χ4n) is 2.26. The molecule has 1 saturated carbocycles. The van der Waals surface area contributed by atoms with Crippen LogP contribution in [0.1, 0.15) is 43.0 Å². The highest BCUT2D eigenvalue weighted by molar-refractivity contribution is 5.94. The van der Waals surface area contributed by atoms with Gasteiger partial charge in [0.25, 0.3) is 0 Å². The summed E-state index contributed by atoms with van der Waals surface area (Å²) in [4.78, 5) is 21.9. The Labute approximate surface area is 110 Å². The van der Waals surface area contributed by atoms with Gasteiger partial charge in [-0.05, 0) is 38.3 Å². The summed E-state index contributed by atoms with van der Waals surface area (Å²) in [5.41, 5.74) is -0.719. The minimum Gasteiger partial charge on any atom is -0.487 e. The third kappa shape index (κ3) is 2.92. The van der Waals surface area contributed by atoms with Crippen molar-refractivity contribution < 1.29 is 23.8 Å². The van der Waals surface area contributed by atoms with Crippen LogP contribution in [0.4, 0.5) is 4.39 Å². The van der Waals surface area contributed by atoms with Crippen molar-refractivity contribution in [2.24, 2.45) is 0 Å². The second-order valence-corrected chi connectivity index (χ2v) is 4.91. The van der Waals surface area contributed by atoms with Gasteiger partial charge < -0.3 is 9.84 Å². The normalized spacial score (nSPS) is 16.5. The number of benzene rings is 1. The number of carbonyl (C=O) groups excluding carboxylic acids is 1. The Bertz CT molecular complexity index is 520. The summed E-state index contributed by atoms with van der Waals surface area (Å²) >= 11 is 0. The Morgan fingerprint density at radius 1 is 1.42 bits per heavy atom. The van der Waals surface area contributed by atoms with Crippen LogP contribution in [0.2, 0.25) is 0 Å². The van der Waals surface area contributed by atoms with E-state index in [1.807, 2.05) is 0 Å². The van der Waals surface area contributed by atoms with Crippen LogP contribution in [0.5, 0.6) is 5.75 Å². The highest BCUT2D eigenvalue weighted by atomic mass is 19.1. The number of rotatable bonds is 5. The van der Waals surface area contributed by atoms with Gasteiger partial charge in [-0.25, -0.2) is 4.39 Å². The number of carboxylic acid groups (broad SMARTS) is 1. The average Bonchev–Trinajstić information content (AvgIpc) is 2.25. The van der Waals surface area contributed by atoms with Gasteiger partial charge in [0.2, 0.25) is 0 Å². The minimum absolute atomic E-state index is 0.00763. The standard InChI is InChI=1S/C14H15FO4/c1-9(16)11-4-3-10(7-12(11)15)19-14(5-2-6-14)8-13(17)18/h3-4,7H,2,5-6,8H2,1H3,(H,17,18). The predicted octanol–water partition coefficient (Wildman–Crippen LogP) is 2.80. The van der Waals surface area contributed by atoms with E-state index in [0.717, 1.165) is 12.5 Å². The zero-order valence-electron chi connectivity index (χ0n) is 10.6. The molecule has 19 heavy (non-hydrogen) atoms. The summed E-state index contributed by atoms with van der Waals surface area (Å²) in [6.07, 6.45) is 2.11. The fraction of sp³-hybridized carbons (Fsp3) is 0.429. The fourth-order valence-corrected chi connectivity index (χ4v) is 2.26. The lowest BCUT2D eigenvalue weighted by Gasteiger charge is -2.40. The molecule has 1 fully saturated rings. The van der Waals surface area contributed by atoms with Gasteiger partial charge in [-0.3, -0.25) is 9.59 Å². The van der Waals surface area contributed by atoms with Gasteiger partial charge in [0.1, 0.15) is 17.2 Å². The van der Waals surface area contributed by atoms with Crippen LogP contribution >= 0.6 is 0 Å². The number of hydrogen-bond donors (Lipinski definition) is 1. The summed E-state index contributed by atoms with van der Waals surface area (Å²) in [7, 11) is 0. The molecule has 0 atom stereocenters. The molecule has 0 unspecified atom stereocenters. The van der Waals surface area contributed by atoms with Crippen molar-refractivity contribution in [1.82, 2.24) is 0 Å². The van der Waals surface area contributed by atoms with E-state index in [4.69, 9.17) is 9.84 Å². The first kappa shape index (κ1) is 13.5. The molecule has 1 aliphatic rings. The molecule has 0 heterocycles. The first-order chi connectivity index (χ1) is 8.92. The third-order valence-electron chi connectivity index (χ3n) is 3.39. The van der Waals surface area contributed by atoms with Crippen molar-refractivity contribution in [3.63, 3.8) is 0 Å². The lowest BCUT2D eigenvalue weighted by molar-refractivity contribution is -0.144. The van der Waals surface area contributed by atoms with Gasteiger partial charge in [-0.1, -0.05) is 0 Å². The maximum atomic E-state index is 13.6. The van der Waals surface area contributed by atoms with Crippen LogP contribution in [0, 0.1) is 5.82 Å². The van der Waals surface area contributed by atoms with E-state index in [2.05, 4.69) is 0 Å². The van der Waals surface area contributed by atoms with Gasteiger partial charge in [-0.15, -0.1) is 0 Å². The highest BCUT2D eigenvalue weighted by Crippen LogP contribution is 2.39. The zero-order chi connectivity index (χ0) is 14.0. The Kier molecular flexibility index (Phi) is 3.55. The second-order valence-electron chi connectivity index (χ2n) is 4.91. The number of carboxylic acids is 1. The maximum absolute atomic E-state index is 13.6. The maximum Gasteiger partial charge on any atom is 0.307 e. The van der Waals surface area contributed by atoms with Crippen molar-refractivity contribution in [2.45, 2.75) is 38.2 Å². The van der Waals surface area contributed by atoms with E-state index in [9.17, 15) is 14.0 Å². The molecule has 102 valence electrons. The molecule has 0 spiro atoms. The molecular weight excluding hydrogens is 251 g/mol. The molecule has 0 aromatic heterocycles. The summed E-state index contributed by atoms with van der Waals surface area (Å²) in [5, 5.41) is 8.86. The molecule has 2 rings (SSSR count). The molecule has 0 saturated heterocycles. The first-order valence-corrected chi connectivity index (χ1v) is 6.13. The summed E-state index contributed by atoms with van der Waals surface area (Å²) < 4.78 is 19.3. The Balaban J connectivity index is 2.17. The predicted molar refractivity (Wildman–Crippen MR) is 65.9 cm³/mol. The SMILES string of the molecule is CC(=O)c1ccc(OC2(CC(=O)O)CCC2)cc1F. The first-order valence-electron chi connectivity index (χ1n) is 6.13. The molecular formula is C14H15FO4. The molecule has 1 aromatic carbocycles. The lowest BCUT2D eigenvalue weighted by atomic mass is 9.77. The van der Waals surface area contributed by atoms with Crippen LogP contribution in [0.15, 0.2) is 18.2 Å². The van der Waals surface area contributed by atoms with E-state index in [1.165, 1.54) is 19.1 Å². The monoisotopic (exact) mass is 266 g/mol. The molecule has 5 heteroatoms. The topological polar surface area (TPSA) is 63.6 Å². The van der Waals surface area contributed by atoms with Gasteiger partial charge >= 0.3 is 5.97 Å². The van der Waals surface area contributed by atoms with Gasteiger partial charge in [0.15, 0.2) is 5.78 Å². The molecule has 0 amide bonds. The number of halogens is 1. The van der Waals surface area contributed by atoms with Crippen LogP contribution in [0.25, 0.3) is 0 Å². The van der Waals surface area contributed by atoms with E-state index in [-0.39, 0.29) is 23.5 Å². The number of ether oxygens (including phenoxy) is 1. The van der Waals surface area contributed by atoms with Crippen molar-refractivity contribution in [3.8, 4) is 5.75 Å². The molecule has 1 aliphatic carbocycles. The minimum atomic E-state index is -0.930. The average molecular weight is 266 g/mol. The molecule has 4 nitrogen and oxygen atoms in total. The quantitative estimate of drug-likeness (QED) is 0.832. The van der Waals surface area contributed by atoms with Crippen LogP contribution in [0.3, 0.4) is 0 Å². The van der Waals surface area contributed by atoms with Crippen molar-refractivity contribution >= 4 is 11.8 Å². The zero-order valence-corrected chi connectivity index (χ0v) is 10.6. The summed E-state index contributed by atoms with van der Waals surface area (Å²) in [5.74, 6) is -1.66. The van der Waals surface area contributed by atoms with Crippen LogP contribution in [-0.2, 0) is 4.79 Å². The molecule has 1 N–H and O–H groups in total. The largest absolute Gasteiger partial charge is 0.487 e. The van der Waals surface area contributed by atoms with Crippen molar-refractivity contribution in [3.05, 3.63) is 29.6 Å². The third-order valence-corrected chi connectivity index (χ3v) is 3.39. The van der Waals surface area contributed by atoms with Gasteiger partial charge in [0, 0.05) is 6.07 Å². The second kappa shape index (κ2) is 4.99. The number of ketones is 1. The highest BCUT2D eigenvalue weighted by Gasteiger charge is 2.41.